The van der Waals surface area contributed by atoms with Crippen molar-refractivity contribution < 1.29 is 9.59 Å². The van der Waals surface area contributed by atoms with Crippen LogP contribution < -0.4 is 0 Å². The molecule has 0 spiro atoms. The summed E-state index contributed by atoms with van der Waals surface area (Å²) in [5.41, 5.74) is 1.16. The highest BCUT2D eigenvalue weighted by Gasteiger charge is 2.33. The Kier molecular flexibility index (Phi) is 7.31. The van der Waals surface area contributed by atoms with E-state index in [-0.39, 0.29) is 17.7 Å². The predicted molar refractivity (Wildman–Crippen MR) is 93.1 cm³/mol. The molecule has 126 valence electrons. The molecule has 1 aliphatic heterocycles. The van der Waals surface area contributed by atoms with Gasteiger partial charge in [0.25, 0.3) is 0 Å². The van der Waals surface area contributed by atoms with Crippen LogP contribution in [0, 0.1) is 0 Å². The number of unbranched alkanes of at least 4 members (excludes halogenated alkanes) is 6. The number of hydrogen-bond donors (Lipinski definition) is 0. The third-order valence-corrected chi connectivity index (χ3v) is 4.69. The third-order valence-electron chi connectivity index (χ3n) is 4.69. The summed E-state index contributed by atoms with van der Waals surface area (Å²) in [4.78, 5) is 25.9. The molecule has 0 bridgehead atoms. The van der Waals surface area contributed by atoms with Crippen molar-refractivity contribution >= 4 is 11.8 Å². The van der Waals surface area contributed by atoms with Crippen LogP contribution in [-0.2, 0) is 9.59 Å². The molecule has 1 unspecified atom stereocenters. The lowest BCUT2D eigenvalue weighted by atomic mass is 9.98. The summed E-state index contributed by atoms with van der Waals surface area (Å²) in [6, 6.07) is 10.0. The van der Waals surface area contributed by atoms with Gasteiger partial charge >= 0.3 is 0 Å². The van der Waals surface area contributed by atoms with Crippen LogP contribution in [-0.4, -0.2) is 23.3 Å². The lowest BCUT2D eigenvalue weighted by Crippen LogP contribution is -2.32. The molecule has 1 saturated heterocycles. The van der Waals surface area contributed by atoms with Crippen LogP contribution in [0.25, 0.3) is 0 Å². The summed E-state index contributed by atoms with van der Waals surface area (Å²) >= 11 is 0. The van der Waals surface area contributed by atoms with E-state index in [0.717, 1.165) is 18.4 Å². The molecule has 3 nitrogen and oxygen atoms in total. The normalized spacial score (nSPS) is 17.7. The van der Waals surface area contributed by atoms with Crippen molar-refractivity contribution in [3.05, 3.63) is 35.9 Å². The summed E-state index contributed by atoms with van der Waals surface area (Å²) < 4.78 is 0. The fourth-order valence-electron chi connectivity index (χ4n) is 3.27. The quantitative estimate of drug-likeness (QED) is 0.621. The van der Waals surface area contributed by atoms with Gasteiger partial charge in [-0.2, -0.15) is 0 Å². The minimum atomic E-state index is -0.00759. The maximum absolute atomic E-state index is 12.3. The van der Waals surface area contributed by atoms with E-state index >= 15 is 0 Å². The van der Waals surface area contributed by atoms with E-state index in [9.17, 15) is 9.59 Å². The largest absolute Gasteiger partial charge is 0.282 e. The van der Waals surface area contributed by atoms with Crippen molar-refractivity contribution in [1.82, 2.24) is 4.90 Å². The molecule has 2 amide bonds. The molecule has 0 N–H and O–H groups in total. The monoisotopic (exact) mass is 315 g/mol. The number of imide groups is 1. The lowest BCUT2D eigenvalue weighted by Gasteiger charge is -2.15. The molecule has 1 fully saturated rings. The molecule has 0 aromatic heterocycles. The van der Waals surface area contributed by atoms with Gasteiger partial charge in [-0.3, -0.25) is 14.5 Å². The summed E-state index contributed by atoms with van der Waals surface area (Å²) in [5, 5.41) is 0. The van der Waals surface area contributed by atoms with Crippen LogP contribution in [0.3, 0.4) is 0 Å². The van der Waals surface area contributed by atoms with Crippen molar-refractivity contribution in [3.8, 4) is 0 Å². The van der Waals surface area contributed by atoms with Gasteiger partial charge in [0.1, 0.15) is 0 Å². The summed E-state index contributed by atoms with van der Waals surface area (Å²) in [6.45, 7) is 2.77. The molecule has 1 heterocycles. The van der Waals surface area contributed by atoms with Crippen LogP contribution in [0.2, 0.25) is 0 Å². The van der Waals surface area contributed by atoms with Crippen molar-refractivity contribution in [2.75, 3.05) is 6.54 Å². The molecule has 23 heavy (non-hydrogen) atoms. The Hall–Kier alpha value is -1.64. The smallest absolute Gasteiger partial charge is 0.229 e. The van der Waals surface area contributed by atoms with Gasteiger partial charge in [-0.05, 0) is 12.0 Å². The average molecular weight is 315 g/mol. The third kappa shape index (κ3) is 5.49. The first-order valence-electron chi connectivity index (χ1n) is 9.10. The molecule has 1 aromatic rings. The summed E-state index contributed by atoms with van der Waals surface area (Å²) in [6.07, 6.45) is 9.32. The Morgan fingerprint density at radius 3 is 2.39 bits per heavy atom. The van der Waals surface area contributed by atoms with Gasteiger partial charge in [0.15, 0.2) is 0 Å². The van der Waals surface area contributed by atoms with Crippen LogP contribution in [0.15, 0.2) is 30.3 Å². The zero-order valence-corrected chi connectivity index (χ0v) is 14.3. The SMILES string of the molecule is CCCCCCCCCC(=O)N1CC(c2ccccc2)CC1=O. The molecular weight excluding hydrogens is 286 g/mol. The van der Waals surface area contributed by atoms with Gasteiger partial charge in [0.2, 0.25) is 11.8 Å². The van der Waals surface area contributed by atoms with E-state index in [1.807, 2.05) is 30.3 Å². The molecule has 1 aromatic carbocycles. The van der Waals surface area contributed by atoms with Gasteiger partial charge < -0.3 is 0 Å². The maximum atomic E-state index is 12.3. The Morgan fingerprint density at radius 1 is 1.04 bits per heavy atom. The topological polar surface area (TPSA) is 37.4 Å². The summed E-state index contributed by atoms with van der Waals surface area (Å²) in [7, 11) is 0. The minimum absolute atomic E-state index is 0.00759. The van der Waals surface area contributed by atoms with Gasteiger partial charge in [-0.25, -0.2) is 0 Å². The van der Waals surface area contributed by atoms with Crippen LogP contribution in [0.5, 0.6) is 0 Å². The average Bonchev–Trinajstić information content (AvgIpc) is 2.96. The van der Waals surface area contributed by atoms with Gasteiger partial charge in [0.05, 0.1) is 0 Å². The van der Waals surface area contributed by atoms with E-state index in [2.05, 4.69) is 6.92 Å². The fraction of sp³-hybridized carbons (Fsp3) is 0.600. The molecule has 0 aliphatic carbocycles. The highest BCUT2D eigenvalue weighted by molar-refractivity contribution is 5.97. The molecule has 2 rings (SSSR count). The molecule has 3 heteroatoms. The maximum Gasteiger partial charge on any atom is 0.229 e. The Labute approximate surface area is 140 Å². The number of carbonyl (C=O) groups is 2. The molecule has 0 saturated carbocycles. The summed E-state index contributed by atoms with van der Waals surface area (Å²) in [5.74, 6) is 0.176. The van der Waals surface area contributed by atoms with Gasteiger partial charge in [-0.15, -0.1) is 0 Å². The first-order chi connectivity index (χ1) is 11.2. The fourth-order valence-corrected chi connectivity index (χ4v) is 3.27. The molecule has 0 radical (unpaired) electrons. The number of benzene rings is 1. The number of carbonyl (C=O) groups excluding carboxylic acids is 2. The second-order valence-corrected chi connectivity index (χ2v) is 6.58. The zero-order chi connectivity index (χ0) is 16.5. The zero-order valence-electron chi connectivity index (χ0n) is 14.3. The van der Waals surface area contributed by atoms with Crippen molar-refractivity contribution in [2.45, 2.75) is 70.6 Å². The van der Waals surface area contributed by atoms with Crippen LogP contribution in [0.4, 0.5) is 0 Å². The van der Waals surface area contributed by atoms with E-state index in [1.165, 1.54) is 37.0 Å². The number of hydrogen-bond acceptors (Lipinski definition) is 2. The highest BCUT2D eigenvalue weighted by atomic mass is 16.2. The lowest BCUT2D eigenvalue weighted by molar-refractivity contribution is -0.141. The Balaban J connectivity index is 1.70. The number of likely N-dealkylation sites (tertiary alicyclic amines) is 1. The van der Waals surface area contributed by atoms with Crippen LogP contribution in [0.1, 0.15) is 76.2 Å². The van der Waals surface area contributed by atoms with E-state index in [1.54, 1.807) is 0 Å². The first kappa shape index (κ1) is 17.7. The number of nitrogens with zero attached hydrogens (tertiary/aromatic N) is 1. The highest BCUT2D eigenvalue weighted by Crippen LogP contribution is 2.28. The van der Waals surface area contributed by atoms with E-state index in [4.69, 9.17) is 0 Å². The molecule has 1 atom stereocenters. The minimum Gasteiger partial charge on any atom is -0.282 e. The van der Waals surface area contributed by atoms with E-state index in [0.29, 0.717) is 19.4 Å². The molecular formula is C20H29NO2. The standard InChI is InChI=1S/C20H29NO2/c1-2-3-4-5-6-7-11-14-19(22)21-16-18(15-20(21)23)17-12-9-8-10-13-17/h8-10,12-13,18H,2-7,11,14-16H2,1H3. The van der Waals surface area contributed by atoms with Crippen molar-refractivity contribution in [3.63, 3.8) is 0 Å². The number of amides is 2. The number of rotatable bonds is 9. The second-order valence-electron chi connectivity index (χ2n) is 6.58. The van der Waals surface area contributed by atoms with Crippen molar-refractivity contribution in [2.24, 2.45) is 0 Å². The predicted octanol–water partition coefficient (Wildman–Crippen LogP) is 4.67. The van der Waals surface area contributed by atoms with Gasteiger partial charge in [-0.1, -0.05) is 75.8 Å². The van der Waals surface area contributed by atoms with E-state index < -0.39 is 0 Å². The second kappa shape index (κ2) is 9.49. The Morgan fingerprint density at radius 2 is 1.70 bits per heavy atom. The Bertz CT molecular complexity index is 498. The van der Waals surface area contributed by atoms with Crippen molar-refractivity contribution in [1.29, 1.82) is 0 Å². The first-order valence-corrected chi connectivity index (χ1v) is 9.10. The van der Waals surface area contributed by atoms with Gasteiger partial charge in [0, 0.05) is 25.3 Å². The van der Waals surface area contributed by atoms with Crippen LogP contribution >= 0.6 is 0 Å². The molecule has 1 aliphatic rings.